The normalized spacial score (nSPS) is 21.8. The zero-order chi connectivity index (χ0) is 12.5. The molecule has 0 saturated heterocycles. The lowest BCUT2D eigenvalue weighted by molar-refractivity contribution is 0.0660. The Kier molecular flexibility index (Phi) is 3.79. The quantitative estimate of drug-likeness (QED) is 0.909. The molecule has 1 N–H and O–H groups in total. The van der Waals surface area contributed by atoms with Crippen LogP contribution in [0.5, 0.6) is 5.75 Å². The smallest absolute Gasteiger partial charge is 0.126 e. The second-order valence-electron chi connectivity index (χ2n) is 5.25. The molecule has 0 amide bonds. The van der Waals surface area contributed by atoms with E-state index in [1.807, 2.05) is 0 Å². The van der Waals surface area contributed by atoms with E-state index >= 15 is 0 Å². The number of rotatable bonds is 3. The molecular weight excluding hydrogens is 278 g/mol. The fraction of sp³-hybridized carbons (Fsp3) is 0.571. The summed E-state index contributed by atoms with van der Waals surface area (Å²) in [5, 5.41) is 3.61. The number of benzene rings is 1. The Morgan fingerprint density at radius 2 is 2.24 bits per heavy atom. The van der Waals surface area contributed by atoms with Crippen LogP contribution in [0.1, 0.15) is 45.2 Å². The summed E-state index contributed by atoms with van der Waals surface area (Å²) in [6.45, 7) is 7.55. The van der Waals surface area contributed by atoms with Crippen molar-refractivity contribution in [2.45, 2.75) is 45.3 Å². The lowest BCUT2D eigenvalue weighted by atomic mass is 9.89. The van der Waals surface area contributed by atoms with Gasteiger partial charge in [0, 0.05) is 22.5 Å². The number of fused-ring (bicyclic) bond motifs is 1. The van der Waals surface area contributed by atoms with Crippen LogP contribution in [0.15, 0.2) is 22.7 Å². The maximum Gasteiger partial charge on any atom is 0.126 e. The van der Waals surface area contributed by atoms with E-state index in [9.17, 15) is 0 Å². The third kappa shape index (κ3) is 3.02. The van der Waals surface area contributed by atoms with Gasteiger partial charge in [-0.15, -0.1) is 0 Å². The molecule has 1 aromatic carbocycles. The van der Waals surface area contributed by atoms with Crippen molar-refractivity contribution in [2.24, 2.45) is 0 Å². The number of hydrogen-bond acceptors (Lipinski definition) is 2. The minimum Gasteiger partial charge on any atom is -0.487 e. The Morgan fingerprint density at radius 3 is 2.94 bits per heavy atom. The van der Waals surface area contributed by atoms with Crippen LogP contribution in [-0.2, 0) is 0 Å². The van der Waals surface area contributed by atoms with Crippen LogP contribution in [0, 0.1) is 0 Å². The summed E-state index contributed by atoms with van der Waals surface area (Å²) in [5.41, 5.74) is 1.18. The van der Waals surface area contributed by atoms with Crippen LogP contribution in [0.2, 0.25) is 0 Å². The minimum atomic E-state index is -0.0980. The van der Waals surface area contributed by atoms with Gasteiger partial charge in [-0.1, -0.05) is 28.9 Å². The molecule has 0 bridgehead atoms. The molecule has 0 fully saturated rings. The van der Waals surface area contributed by atoms with Gasteiger partial charge >= 0.3 is 0 Å². The molecule has 1 heterocycles. The first kappa shape index (κ1) is 12.9. The fourth-order valence-electron chi connectivity index (χ4n) is 2.33. The van der Waals surface area contributed by atoms with E-state index < -0.39 is 0 Å². The van der Waals surface area contributed by atoms with Gasteiger partial charge in [0.25, 0.3) is 0 Å². The summed E-state index contributed by atoms with van der Waals surface area (Å²) in [7, 11) is 0. The predicted molar refractivity (Wildman–Crippen MR) is 74.5 cm³/mol. The SMILES string of the molecule is CCCNC1CC(C)(C)Oc2cc(Br)ccc21. The zero-order valence-corrected chi connectivity index (χ0v) is 12.3. The summed E-state index contributed by atoms with van der Waals surface area (Å²) in [6, 6.07) is 6.71. The van der Waals surface area contributed by atoms with E-state index in [2.05, 4.69) is 60.2 Å². The van der Waals surface area contributed by atoms with Crippen molar-refractivity contribution < 1.29 is 4.74 Å². The minimum absolute atomic E-state index is 0.0980. The monoisotopic (exact) mass is 297 g/mol. The van der Waals surface area contributed by atoms with Gasteiger partial charge in [0.1, 0.15) is 11.4 Å². The highest BCUT2D eigenvalue weighted by Crippen LogP contribution is 2.40. The second-order valence-corrected chi connectivity index (χ2v) is 6.17. The highest BCUT2D eigenvalue weighted by Gasteiger charge is 2.33. The lowest BCUT2D eigenvalue weighted by Gasteiger charge is -2.38. The third-order valence-corrected chi connectivity index (χ3v) is 3.57. The van der Waals surface area contributed by atoms with Crippen molar-refractivity contribution in [3.05, 3.63) is 28.2 Å². The second kappa shape index (κ2) is 4.99. The Hall–Kier alpha value is -0.540. The third-order valence-electron chi connectivity index (χ3n) is 3.07. The standard InChI is InChI=1S/C14H20BrNO/c1-4-7-16-12-9-14(2,3)17-13-8-10(15)5-6-11(12)13/h5-6,8,12,16H,4,7,9H2,1-3H3. The highest BCUT2D eigenvalue weighted by molar-refractivity contribution is 9.10. The summed E-state index contributed by atoms with van der Waals surface area (Å²) in [5.74, 6) is 1.00. The van der Waals surface area contributed by atoms with E-state index in [1.165, 1.54) is 5.56 Å². The van der Waals surface area contributed by atoms with Gasteiger partial charge in [0.15, 0.2) is 0 Å². The molecule has 2 nitrogen and oxygen atoms in total. The van der Waals surface area contributed by atoms with Crippen LogP contribution in [0.25, 0.3) is 0 Å². The first-order valence-electron chi connectivity index (χ1n) is 6.24. The van der Waals surface area contributed by atoms with Crippen molar-refractivity contribution in [3.63, 3.8) is 0 Å². The Morgan fingerprint density at radius 1 is 1.47 bits per heavy atom. The van der Waals surface area contributed by atoms with Gasteiger partial charge in [0.05, 0.1) is 0 Å². The molecule has 1 unspecified atom stereocenters. The molecule has 1 aromatic rings. The van der Waals surface area contributed by atoms with E-state index in [-0.39, 0.29) is 5.60 Å². The maximum absolute atomic E-state index is 6.04. The van der Waals surface area contributed by atoms with Gasteiger partial charge in [-0.3, -0.25) is 0 Å². The van der Waals surface area contributed by atoms with Crippen LogP contribution >= 0.6 is 15.9 Å². The molecule has 0 saturated carbocycles. The van der Waals surface area contributed by atoms with Crippen LogP contribution < -0.4 is 10.1 Å². The predicted octanol–water partition coefficient (Wildman–Crippen LogP) is 4.05. The summed E-state index contributed by atoms with van der Waals surface area (Å²) in [4.78, 5) is 0. The zero-order valence-electron chi connectivity index (χ0n) is 10.7. The van der Waals surface area contributed by atoms with Crippen molar-refractivity contribution in [2.75, 3.05) is 6.54 Å². The van der Waals surface area contributed by atoms with E-state index in [0.717, 1.165) is 29.6 Å². The summed E-state index contributed by atoms with van der Waals surface area (Å²) >= 11 is 3.50. The molecular formula is C14H20BrNO. The first-order chi connectivity index (χ1) is 8.02. The largest absolute Gasteiger partial charge is 0.487 e. The lowest BCUT2D eigenvalue weighted by Crippen LogP contribution is -2.39. The highest BCUT2D eigenvalue weighted by atomic mass is 79.9. The van der Waals surface area contributed by atoms with E-state index in [1.54, 1.807) is 0 Å². The Bertz CT molecular complexity index is 403. The molecule has 1 atom stereocenters. The average Bonchev–Trinajstić information content (AvgIpc) is 2.23. The number of nitrogens with one attached hydrogen (secondary N) is 1. The summed E-state index contributed by atoms with van der Waals surface area (Å²) < 4.78 is 7.11. The maximum atomic E-state index is 6.04. The molecule has 3 heteroatoms. The number of hydrogen-bond donors (Lipinski definition) is 1. The summed E-state index contributed by atoms with van der Waals surface area (Å²) in [6.07, 6.45) is 2.17. The molecule has 1 aliphatic heterocycles. The van der Waals surface area contributed by atoms with Gasteiger partial charge in [0.2, 0.25) is 0 Å². The van der Waals surface area contributed by atoms with Gasteiger partial charge in [-0.05, 0) is 38.9 Å². The van der Waals surface area contributed by atoms with Gasteiger partial charge < -0.3 is 10.1 Å². The molecule has 2 rings (SSSR count). The Balaban J connectivity index is 2.30. The number of halogens is 1. The fourth-order valence-corrected chi connectivity index (χ4v) is 2.67. The van der Waals surface area contributed by atoms with Gasteiger partial charge in [-0.25, -0.2) is 0 Å². The molecule has 94 valence electrons. The van der Waals surface area contributed by atoms with Crippen LogP contribution in [0.4, 0.5) is 0 Å². The Labute approximate surface area is 112 Å². The molecule has 1 aliphatic rings. The van der Waals surface area contributed by atoms with Crippen molar-refractivity contribution in [3.8, 4) is 5.75 Å². The van der Waals surface area contributed by atoms with Gasteiger partial charge in [-0.2, -0.15) is 0 Å². The molecule has 0 aliphatic carbocycles. The van der Waals surface area contributed by atoms with Crippen molar-refractivity contribution >= 4 is 15.9 Å². The van der Waals surface area contributed by atoms with E-state index in [4.69, 9.17) is 4.74 Å². The van der Waals surface area contributed by atoms with E-state index in [0.29, 0.717) is 6.04 Å². The van der Waals surface area contributed by atoms with Crippen molar-refractivity contribution in [1.82, 2.24) is 5.32 Å². The molecule has 17 heavy (non-hydrogen) atoms. The topological polar surface area (TPSA) is 21.3 Å². The van der Waals surface area contributed by atoms with Crippen LogP contribution in [-0.4, -0.2) is 12.1 Å². The molecule has 0 aromatic heterocycles. The molecule has 0 spiro atoms. The molecule has 0 radical (unpaired) electrons. The van der Waals surface area contributed by atoms with Crippen LogP contribution in [0.3, 0.4) is 0 Å². The average molecular weight is 298 g/mol. The first-order valence-corrected chi connectivity index (χ1v) is 7.03. The van der Waals surface area contributed by atoms with Crippen molar-refractivity contribution in [1.29, 1.82) is 0 Å². The number of ether oxygens (including phenoxy) is 1.